The highest BCUT2D eigenvalue weighted by Crippen LogP contribution is 2.59. The molecule has 0 aromatic heterocycles. The zero-order valence-electron chi connectivity index (χ0n) is 22.9. The predicted molar refractivity (Wildman–Crippen MR) is 134 cm³/mol. The molecular formula is C27H47N3O5. The number of aliphatic hydroxyl groups excluding tert-OH is 1. The van der Waals surface area contributed by atoms with Crippen molar-refractivity contribution in [2.75, 3.05) is 13.2 Å². The number of hydrogen-bond acceptors (Lipinski definition) is 5. The Hall–Kier alpha value is -1.67. The molecule has 3 heterocycles. The Balaban J connectivity index is 2.03. The van der Waals surface area contributed by atoms with Crippen molar-refractivity contribution in [2.45, 2.75) is 117 Å². The molecule has 1 spiro atoms. The van der Waals surface area contributed by atoms with Crippen LogP contribution in [0.1, 0.15) is 87.5 Å². The zero-order chi connectivity index (χ0) is 26.3. The van der Waals surface area contributed by atoms with Crippen molar-refractivity contribution < 1.29 is 24.2 Å². The minimum Gasteiger partial charge on any atom is -0.394 e. The van der Waals surface area contributed by atoms with Gasteiger partial charge in [0.15, 0.2) is 0 Å². The molecule has 0 aliphatic carbocycles. The molecule has 3 rings (SSSR count). The molecule has 3 N–H and O–H groups in total. The summed E-state index contributed by atoms with van der Waals surface area (Å²) in [7, 11) is 0. The zero-order valence-corrected chi connectivity index (χ0v) is 22.9. The average molecular weight is 494 g/mol. The molecule has 2 bridgehead atoms. The van der Waals surface area contributed by atoms with Crippen LogP contribution in [0.3, 0.4) is 0 Å². The number of carbonyl (C=O) groups is 3. The molecule has 3 saturated heterocycles. The van der Waals surface area contributed by atoms with Crippen LogP contribution in [0.4, 0.5) is 0 Å². The summed E-state index contributed by atoms with van der Waals surface area (Å²) in [5.74, 6) is -2.00. The lowest BCUT2D eigenvalue weighted by Gasteiger charge is -2.41. The fourth-order valence-corrected chi connectivity index (χ4v) is 7.00. The molecule has 3 fully saturated rings. The second kappa shape index (κ2) is 10.0. The lowest BCUT2D eigenvalue weighted by molar-refractivity contribution is -0.147. The number of aliphatic hydroxyl groups is 1. The Kier molecular flexibility index (Phi) is 7.98. The highest BCUT2D eigenvalue weighted by molar-refractivity contribution is 5.99. The van der Waals surface area contributed by atoms with Crippen LogP contribution >= 0.6 is 0 Å². The highest BCUT2D eigenvalue weighted by Gasteiger charge is 2.75. The summed E-state index contributed by atoms with van der Waals surface area (Å²) in [6.07, 6.45) is 3.14. The second-order valence-corrected chi connectivity index (χ2v) is 12.8. The number of carbonyl (C=O) groups excluding carboxylic acids is 3. The minimum absolute atomic E-state index is 0.00207. The third-order valence-electron chi connectivity index (χ3n) is 8.12. The normalized spacial score (nSPS) is 31.9. The van der Waals surface area contributed by atoms with Crippen molar-refractivity contribution in [3.63, 3.8) is 0 Å². The van der Waals surface area contributed by atoms with Gasteiger partial charge < -0.3 is 25.4 Å². The number of likely N-dealkylation sites (tertiary alicyclic amines) is 1. The van der Waals surface area contributed by atoms with Gasteiger partial charge in [0.1, 0.15) is 11.6 Å². The van der Waals surface area contributed by atoms with Crippen LogP contribution < -0.4 is 10.6 Å². The summed E-state index contributed by atoms with van der Waals surface area (Å²) in [4.78, 5) is 42.9. The van der Waals surface area contributed by atoms with Gasteiger partial charge in [-0.2, -0.15) is 0 Å². The topological polar surface area (TPSA) is 108 Å². The van der Waals surface area contributed by atoms with Gasteiger partial charge in [-0.05, 0) is 50.9 Å². The van der Waals surface area contributed by atoms with Gasteiger partial charge >= 0.3 is 0 Å². The van der Waals surface area contributed by atoms with E-state index in [9.17, 15) is 19.5 Å². The van der Waals surface area contributed by atoms with Gasteiger partial charge in [-0.15, -0.1) is 0 Å². The van der Waals surface area contributed by atoms with Crippen molar-refractivity contribution in [2.24, 2.45) is 23.2 Å². The van der Waals surface area contributed by atoms with E-state index < -0.39 is 35.1 Å². The van der Waals surface area contributed by atoms with Crippen LogP contribution in [0.15, 0.2) is 0 Å². The van der Waals surface area contributed by atoms with E-state index in [2.05, 4.69) is 31.4 Å². The molecule has 3 amide bonds. The average Bonchev–Trinajstić information content (AvgIpc) is 3.38. The number of nitrogens with zero attached hydrogens (tertiary/aromatic N) is 1. The van der Waals surface area contributed by atoms with E-state index in [0.29, 0.717) is 19.4 Å². The van der Waals surface area contributed by atoms with Crippen LogP contribution in [0.2, 0.25) is 0 Å². The summed E-state index contributed by atoms with van der Waals surface area (Å²) >= 11 is 0. The van der Waals surface area contributed by atoms with Crippen molar-refractivity contribution in [1.82, 2.24) is 15.5 Å². The van der Waals surface area contributed by atoms with E-state index in [1.807, 2.05) is 34.6 Å². The summed E-state index contributed by atoms with van der Waals surface area (Å²) < 4.78 is 6.49. The van der Waals surface area contributed by atoms with Gasteiger partial charge in [0.2, 0.25) is 17.7 Å². The van der Waals surface area contributed by atoms with Gasteiger partial charge in [-0.1, -0.05) is 48.0 Å². The number of hydrogen-bond donors (Lipinski definition) is 3. The Morgan fingerprint density at radius 3 is 2.40 bits per heavy atom. The Bertz CT molecular complexity index is 822. The fourth-order valence-electron chi connectivity index (χ4n) is 7.00. The van der Waals surface area contributed by atoms with Gasteiger partial charge in [-0.25, -0.2) is 0 Å². The number of nitrogens with one attached hydrogen (secondary N) is 2. The van der Waals surface area contributed by atoms with Crippen molar-refractivity contribution in [3.05, 3.63) is 0 Å². The van der Waals surface area contributed by atoms with Crippen LogP contribution in [0.5, 0.6) is 0 Å². The summed E-state index contributed by atoms with van der Waals surface area (Å²) in [6, 6.07) is -1.39. The number of rotatable bonds is 10. The van der Waals surface area contributed by atoms with Crippen LogP contribution in [0.25, 0.3) is 0 Å². The summed E-state index contributed by atoms with van der Waals surface area (Å²) in [5, 5.41) is 16.5. The molecule has 3 aliphatic rings. The fraction of sp³-hybridized carbons (Fsp3) is 0.889. The van der Waals surface area contributed by atoms with E-state index in [0.717, 1.165) is 19.3 Å². The van der Waals surface area contributed by atoms with E-state index >= 15 is 0 Å². The first-order valence-corrected chi connectivity index (χ1v) is 13.4. The first kappa shape index (κ1) is 27.9. The molecule has 7 atom stereocenters. The Morgan fingerprint density at radius 2 is 1.86 bits per heavy atom. The molecule has 8 nitrogen and oxygen atoms in total. The Labute approximate surface area is 210 Å². The van der Waals surface area contributed by atoms with E-state index in [-0.39, 0.29) is 41.8 Å². The maximum absolute atomic E-state index is 14.1. The maximum Gasteiger partial charge on any atom is 0.246 e. The third kappa shape index (κ3) is 5.10. The lowest BCUT2D eigenvalue weighted by Crippen LogP contribution is -2.62. The lowest BCUT2D eigenvalue weighted by atomic mass is 9.70. The first-order chi connectivity index (χ1) is 16.2. The van der Waals surface area contributed by atoms with Crippen molar-refractivity contribution >= 4 is 17.7 Å². The molecule has 200 valence electrons. The van der Waals surface area contributed by atoms with E-state index in [4.69, 9.17) is 4.74 Å². The first-order valence-electron chi connectivity index (χ1n) is 13.4. The number of fused-ring (bicyclic) bond motifs is 1. The third-order valence-corrected chi connectivity index (χ3v) is 8.12. The number of amides is 3. The highest BCUT2D eigenvalue weighted by atomic mass is 16.5. The molecule has 0 saturated carbocycles. The molecule has 0 aromatic rings. The molecule has 0 aromatic carbocycles. The molecule has 0 radical (unpaired) electrons. The van der Waals surface area contributed by atoms with E-state index in [1.54, 1.807) is 4.90 Å². The maximum atomic E-state index is 14.1. The van der Waals surface area contributed by atoms with Crippen molar-refractivity contribution in [1.29, 1.82) is 0 Å². The second-order valence-electron chi connectivity index (χ2n) is 12.8. The standard InChI is InChI=1S/C27H47N3O5/c1-9-13-28-22(32)19-18-11-12-27(35-18)20(19)24(34)30(17(14-31)16(3)10-2)21(27)23(33)29-26(7,8)15-25(4,5)6/h16-21,31H,9-15H2,1-8H3,(H,28,32)(H,29,33)/t16-,17-,18+,19-,20-,21?,27?/m0/s1. The predicted octanol–water partition coefficient (Wildman–Crippen LogP) is 2.63. The largest absolute Gasteiger partial charge is 0.394 e. The summed E-state index contributed by atoms with van der Waals surface area (Å²) in [6.45, 7) is 16.7. The van der Waals surface area contributed by atoms with Crippen molar-refractivity contribution in [3.8, 4) is 0 Å². The molecule has 35 heavy (non-hydrogen) atoms. The minimum atomic E-state index is -1.04. The van der Waals surface area contributed by atoms with Crippen LogP contribution in [-0.2, 0) is 19.1 Å². The van der Waals surface area contributed by atoms with Gasteiger partial charge in [0.05, 0.1) is 30.6 Å². The molecule has 8 heteroatoms. The van der Waals surface area contributed by atoms with E-state index in [1.165, 1.54) is 0 Å². The molecule has 3 aliphatic heterocycles. The van der Waals surface area contributed by atoms with Crippen LogP contribution in [-0.4, -0.2) is 70.2 Å². The quantitative estimate of drug-likeness (QED) is 0.434. The Morgan fingerprint density at radius 1 is 1.20 bits per heavy atom. The van der Waals surface area contributed by atoms with Gasteiger partial charge in [0.25, 0.3) is 0 Å². The van der Waals surface area contributed by atoms with Crippen LogP contribution in [0, 0.1) is 23.2 Å². The molecule has 2 unspecified atom stereocenters. The van der Waals surface area contributed by atoms with Gasteiger partial charge in [-0.3, -0.25) is 14.4 Å². The smallest absolute Gasteiger partial charge is 0.246 e. The SMILES string of the molecule is CCCNC(=O)[C@@H]1[C@H]2C(=O)N([C@@H](CO)[C@@H](C)CC)C(C(=O)NC(C)(C)CC(C)(C)C)C23CC[C@H]1O3. The summed E-state index contributed by atoms with van der Waals surface area (Å²) in [5.41, 5.74) is -1.55. The molecular weight excluding hydrogens is 446 g/mol. The monoisotopic (exact) mass is 493 g/mol. The number of ether oxygens (including phenoxy) is 1. The van der Waals surface area contributed by atoms with Gasteiger partial charge in [0, 0.05) is 12.1 Å².